The molecule has 3 N–H and O–H groups in total. The van der Waals surface area contributed by atoms with E-state index >= 15 is 0 Å². The molecular weight excluding hydrogens is 398 g/mol. The van der Waals surface area contributed by atoms with E-state index in [1.807, 2.05) is 13.8 Å². The van der Waals surface area contributed by atoms with Gasteiger partial charge in [-0.15, -0.1) is 0 Å². The van der Waals surface area contributed by atoms with Gasteiger partial charge in [-0.25, -0.2) is 0 Å². The van der Waals surface area contributed by atoms with Gasteiger partial charge in [-0.3, -0.25) is 14.9 Å². The van der Waals surface area contributed by atoms with Gasteiger partial charge in [0.1, 0.15) is 5.75 Å². The van der Waals surface area contributed by atoms with Gasteiger partial charge in [-0.2, -0.15) is 0 Å². The molecular formula is C23H29N3O3S. The lowest BCUT2D eigenvalue weighted by molar-refractivity contribution is 0.0938. The predicted molar refractivity (Wildman–Crippen MR) is 124 cm³/mol. The number of benzene rings is 2. The molecule has 1 atom stereocenters. The Hall–Kier alpha value is -2.93. The summed E-state index contributed by atoms with van der Waals surface area (Å²) >= 11 is 5.27. The number of hydrogen-bond acceptors (Lipinski definition) is 4. The molecule has 2 aromatic rings. The third-order valence-electron chi connectivity index (χ3n) is 4.52. The van der Waals surface area contributed by atoms with Gasteiger partial charge in [-0.05, 0) is 68.4 Å². The van der Waals surface area contributed by atoms with Gasteiger partial charge in [0.15, 0.2) is 5.11 Å². The predicted octanol–water partition coefficient (Wildman–Crippen LogP) is 4.52. The molecule has 2 rings (SSSR count). The minimum absolute atomic E-state index is 0.0612. The Morgan fingerprint density at radius 1 is 1.03 bits per heavy atom. The van der Waals surface area contributed by atoms with Crippen molar-refractivity contribution in [2.45, 2.75) is 46.1 Å². The zero-order chi connectivity index (χ0) is 21.9. The Morgan fingerprint density at radius 2 is 1.73 bits per heavy atom. The van der Waals surface area contributed by atoms with Gasteiger partial charge >= 0.3 is 0 Å². The molecule has 30 heavy (non-hydrogen) atoms. The number of amides is 2. The average Bonchev–Trinajstić information content (AvgIpc) is 2.74. The first-order chi connectivity index (χ1) is 14.4. The summed E-state index contributed by atoms with van der Waals surface area (Å²) in [6.07, 6.45) is 2.88. The molecule has 0 saturated carbocycles. The number of nitrogens with one attached hydrogen (secondary N) is 3. The highest BCUT2D eigenvalue weighted by Crippen LogP contribution is 2.16. The van der Waals surface area contributed by atoms with Crippen LogP contribution in [0.4, 0.5) is 5.69 Å². The molecule has 0 heterocycles. The second-order valence-corrected chi connectivity index (χ2v) is 7.37. The fourth-order valence-electron chi connectivity index (χ4n) is 2.56. The molecule has 2 aromatic carbocycles. The van der Waals surface area contributed by atoms with Gasteiger partial charge < -0.3 is 15.4 Å². The summed E-state index contributed by atoms with van der Waals surface area (Å²) in [5.74, 6) is 0.191. The van der Waals surface area contributed by atoms with E-state index in [-0.39, 0.29) is 23.0 Å². The first-order valence-corrected chi connectivity index (χ1v) is 10.6. The minimum atomic E-state index is -0.339. The summed E-state index contributed by atoms with van der Waals surface area (Å²) in [6.45, 7) is 6.70. The van der Waals surface area contributed by atoms with Crippen molar-refractivity contribution in [3.8, 4) is 5.75 Å². The van der Waals surface area contributed by atoms with E-state index < -0.39 is 0 Å². The van der Waals surface area contributed by atoms with Crippen LogP contribution in [0.25, 0.3) is 0 Å². The lowest BCUT2D eigenvalue weighted by Gasteiger charge is -2.16. The number of thiocarbonyl (C=S) groups is 1. The normalized spacial score (nSPS) is 11.3. The molecule has 0 saturated heterocycles. The molecule has 0 fully saturated rings. The van der Waals surface area contributed by atoms with Crippen LogP contribution < -0.4 is 20.7 Å². The Balaban J connectivity index is 1.97. The second-order valence-electron chi connectivity index (χ2n) is 6.96. The SMILES string of the molecule is CCCCOc1ccc(C(=O)NC(=S)Nc2ccccc2C(=O)NC(C)CC)cc1. The van der Waals surface area contributed by atoms with E-state index in [2.05, 4.69) is 22.9 Å². The zero-order valence-electron chi connectivity index (χ0n) is 17.7. The number of ether oxygens (including phenoxy) is 1. The lowest BCUT2D eigenvalue weighted by Crippen LogP contribution is -2.36. The van der Waals surface area contributed by atoms with Crippen LogP contribution in [0.5, 0.6) is 5.75 Å². The van der Waals surface area contributed by atoms with Crippen molar-refractivity contribution in [2.24, 2.45) is 0 Å². The molecule has 0 aliphatic heterocycles. The standard InChI is InChI=1S/C23H29N3O3S/c1-4-6-15-29-18-13-11-17(12-14-18)21(27)26-23(30)25-20-10-8-7-9-19(20)22(28)24-16(3)5-2/h7-14,16H,4-6,15H2,1-3H3,(H,24,28)(H2,25,26,27,30). The fraction of sp³-hybridized carbons (Fsp3) is 0.348. The van der Waals surface area contributed by atoms with Gasteiger partial charge in [0, 0.05) is 11.6 Å². The summed E-state index contributed by atoms with van der Waals surface area (Å²) in [5.41, 5.74) is 1.45. The van der Waals surface area contributed by atoms with Crippen LogP contribution in [0.2, 0.25) is 0 Å². The third kappa shape index (κ3) is 7.15. The third-order valence-corrected chi connectivity index (χ3v) is 4.72. The molecule has 0 aliphatic carbocycles. The summed E-state index contributed by atoms with van der Waals surface area (Å²) in [5, 5.41) is 8.63. The molecule has 1 unspecified atom stereocenters. The highest BCUT2D eigenvalue weighted by Gasteiger charge is 2.15. The van der Waals surface area contributed by atoms with E-state index in [0.717, 1.165) is 25.0 Å². The molecule has 6 nitrogen and oxygen atoms in total. The second kappa shape index (κ2) is 11.9. The number of unbranched alkanes of at least 4 members (excludes halogenated alkanes) is 1. The number of carbonyl (C=O) groups excluding carboxylic acids is 2. The van der Waals surface area contributed by atoms with Crippen LogP contribution in [0.1, 0.15) is 60.7 Å². The maximum Gasteiger partial charge on any atom is 0.257 e. The Bertz CT molecular complexity index is 868. The van der Waals surface area contributed by atoms with Crippen molar-refractivity contribution in [1.29, 1.82) is 0 Å². The van der Waals surface area contributed by atoms with E-state index in [1.165, 1.54) is 0 Å². The Morgan fingerprint density at radius 3 is 2.40 bits per heavy atom. The topological polar surface area (TPSA) is 79.5 Å². The van der Waals surface area contributed by atoms with Gasteiger partial charge in [-0.1, -0.05) is 32.4 Å². The summed E-state index contributed by atoms with van der Waals surface area (Å²) in [7, 11) is 0. The van der Waals surface area contributed by atoms with Crippen molar-refractivity contribution in [1.82, 2.24) is 10.6 Å². The largest absolute Gasteiger partial charge is 0.494 e. The van der Waals surface area contributed by atoms with Crippen LogP contribution in [-0.2, 0) is 0 Å². The summed E-state index contributed by atoms with van der Waals surface area (Å²) in [4.78, 5) is 25.0. The maximum atomic E-state index is 12.5. The van der Waals surface area contributed by atoms with Crippen LogP contribution in [-0.4, -0.2) is 29.6 Å². The van der Waals surface area contributed by atoms with Gasteiger partial charge in [0.25, 0.3) is 11.8 Å². The number of para-hydroxylation sites is 1. The highest BCUT2D eigenvalue weighted by atomic mass is 32.1. The van der Waals surface area contributed by atoms with Gasteiger partial charge in [0.2, 0.25) is 0 Å². The lowest BCUT2D eigenvalue weighted by atomic mass is 10.1. The number of rotatable bonds is 9. The Labute approximate surface area is 183 Å². The van der Waals surface area contributed by atoms with Crippen molar-refractivity contribution in [2.75, 3.05) is 11.9 Å². The molecule has 0 aliphatic rings. The molecule has 0 bridgehead atoms. The Kier molecular flexibility index (Phi) is 9.28. The molecule has 160 valence electrons. The van der Waals surface area contributed by atoms with Crippen molar-refractivity contribution >= 4 is 34.8 Å². The summed E-state index contributed by atoms with van der Waals surface area (Å²) < 4.78 is 5.60. The van der Waals surface area contributed by atoms with Crippen LogP contribution in [0, 0.1) is 0 Å². The van der Waals surface area contributed by atoms with E-state index in [9.17, 15) is 9.59 Å². The number of carbonyl (C=O) groups is 2. The van der Waals surface area contributed by atoms with Crippen LogP contribution in [0.3, 0.4) is 0 Å². The quantitative estimate of drug-likeness (QED) is 0.405. The van der Waals surface area contributed by atoms with E-state index in [0.29, 0.717) is 23.4 Å². The molecule has 0 radical (unpaired) electrons. The molecule has 7 heteroatoms. The smallest absolute Gasteiger partial charge is 0.257 e. The van der Waals surface area contributed by atoms with Crippen molar-refractivity contribution in [3.05, 3.63) is 59.7 Å². The monoisotopic (exact) mass is 427 g/mol. The molecule has 0 spiro atoms. The van der Waals surface area contributed by atoms with Crippen LogP contribution in [0.15, 0.2) is 48.5 Å². The highest BCUT2D eigenvalue weighted by molar-refractivity contribution is 7.80. The van der Waals surface area contributed by atoms with Gasteiger partial charge in [0.05, 0.1) is 17.9 Å². The van der Waals surface area contributed by atoms with E-state index in [1.54, 1.807) is 48.5 Å². The van der Waals surface area contributed by atoms with E-state index in [4.69, 9.17) is 17.0 Å². The maximum absolute atomic E-state index is 12.5. The van der Waals surface area contributed by atoms with Crippen LogP contribution >= 0.6 is 12.2 Å². The summed E-state index contributed by atoms with van der Waals surface area (Å²) in [6, 6.07) is 14.0. The fourth-order valence-corrected chi connectivity index (χ4v) is 2.76. The minimum Gasteiger partial charge on any atom is -0.494 e. The number of hydrogen-bond donors (Lipinski definition) is 3. The number of anilines is 1. The molecule has 0 aromatic heterocycles. The average molecular weight is 428 g/mol. The van der Waals surface area contributed by atoms with Crippen molar-refractivity contribution < 1.29 is 14.3 Å². The zero-order valence-corrected chi connectivity index (χ0v) is 18.5. The van der Waals surface area contributed by atoms with Crippen molar-refractivity contribution in [3.63, 3.8) is 0 Å². The first-order valence-electron chi connectivity index (χ1n) is 10.2. The molecule has 2 amide bonds. The first kappa shape index (κ1) is 23.3.